The molecule has 0 unspecified atom stereocenters. The third-order valence-electron chi connectivity index (χ3n) is 2.85. The fourth-order valence-electron chi connectivity index (χ4n) is 1.82. The van der Waals surface area contributed by atoms with Gasteiger partial charge in [-0.05, 0) is 12.1 Å². The van der Waals surface area contributed by atoms with Crippen molar-refractivity contribution in [1.29, 1.82) is 5.41 Å². The summed E-state index contributed by atoms with van der Waals surface area (Å²) in [6.45, 7) is -0.863. The van der Waals surface area contributed by atoms with Gasteiger partial charge >= 0.3 is 5.92 Å². The third-order valence-corrected chi connectivity index (χ3v) is 3.16. The molecule has 110 valence electrons. The van der Waals surface area contributed by atoms with Crippen molar-refractivity contribution in [2.45, 2.75) is 5.92 Å². The Morgan fingerprint density at radius 1 is 1.14 bits per heavy atom. The summed E-state index contributed by atoms with van der Waals surface area (Å²) in [6.07, 6.45) is 0. The second-order valence-electron chi connectivity index (χ2n) is 4.39. The first kappa shape index (κ1) is 15.3. The molecule has 0 heterocycles. The molecule has 0 saturated carbocycles. The lowest BCUT2D eigenvalue weighted by atomic mass is 10.1. The molecule has 6 heteroatoms. The Hall–Kier alpha value is -2.14. The lowest BCUT2D eigenvalue weighted by Crippen LogP contribution is -2.24. The lowest BCUT2D eigenvalue weighted by Gasteiger charge is -2.19. The first-order chi connectivity index (χ1) is 9.92. The molecule has 0 fully saturated rings. The van der Waals surface area contributed by atoms with Crippen LogP contribution in [0.2, 0.25) is 5.02 Å². The van der Waals surface area contributed by atoms with Crippen molar-refractivity contribution in [1.82, 2.24) is 0 Å². The Kier molecular flexibility index (Phi) is 4.43. The molecule has 3 nitrogen and oxygen atoms in total. The van der Waals surface area contributed by atoms with Gasteiger partial charge in [0.15, 0.2) is 6.61 Å². The Morgan fingerprint density at radius 3 is 2.43 bits per heavy atom. The van der Waals surface area contributed by atoms with Crippen LogP contribution in [0, 0.1) is 5.41 Å². The highest BCUT2D eigenvalue weighted by molar-refractivity contribution is 6.34. The van der Waals surface area contributed by atoms with E-state index < -0.39 is 12.5 Å². The Morgan fingerprint density at radius 2 is 1.81 bits per heavy atom. The molecule has 2 aromatic carbocycles. The highest BCUT2D eigenvalue weighted by atomic mass is 35.5. The largest absolute Gasteiger partial charge is 0.486 e. The molecule has 0 spiro atoms. The molecule has 3 N–H and O–H groups in total. The zero-order valence-electron chi connectivity index (χ0n) is 10.9. The molecular formula is C15H13ClF2N2O. The van der Waals surface area contributed by atoms with E-state index in [1.807, 2.05) is 0 Å². The van der Waals surface area contributed by atoms with Crippen molar-refractivity contribution in [3.63, 3.8) is 0 Å². The van der Waals surface area contributed by atoms with Gasteiger partial charge in [0, 0.05) is 5.56 Å². The van der Waals surface area contributed by atoms with Gasteiger partial charge in [-0.3, -0.25) is 5.41 Å². The minimum Gasteiger partial charge on any atom is -0.486 e. The first-order valence-corrected chi connectivity index (χ1v) is 6.48. The van der Waals surface area contributed by atoms with Crippen molar-refractivity contribution in [3.05, 3.63) is 64.7 Å². The molecule has 0 radical (unpaired) electrons. The van der Waals surface area contributed by atoms with Crippen molar-refractivity contribution in [3.8, 4) is 5.75 Å². The number of halogens is 3. The van der Waals surface area contributed by atoms with Crippen LogP contribution >= 0.6 is 11.6 Å². The molecule has 2 rings (SSSR count). The molecule has 0 atom stereocenters. The van der Waals surface area contributed by atoms with E-state index in [1.54, 1.807) is 12.1 Å². The SMILES string of the molecule is N=C(N)c1c(Cl)cccc1OCC(F)(F)c1ccccc1. The number of benzene rings is 2. The summed E-state index contributed by atoms with van der Waals surface area (Å²) in [4.78, 5) is 0. The van der Waals surface area contributed by atoms with Crippen molar-refractivity contribution >= 4 is 17.4 Å². The zero-order valence-corrected chi connectivity index (χ0v) is 11.7. The number of amidine groups is 1. The van der Waals surface area contributed by atoms with E-state index in [9.17, 15) is 8.78 Å². The van der Waals surface area contributed by atoms with Crippen LogP contribution in [0.5, 0.6) is 5.75 Å². The molecule has 0 bridgehead atoms. The average Bonchev–Trinajstić information content (AvgIpc) is 2.46. The molecule has 0 saturated heterocycles. The van der Waals surface area contributed by atoms with E-state index >= 15 is 0 Å². The maximum Gasteiger partial charge on any atom is 0.306 e. The normalized spacial score (nSPS) is 11.2. The second kappa shape index (κ2) is 6.10. The van der Waals surface area contributed by atoms with Gasteiger partial charge in [0.05, 0.1) is 10.6 Å². The van der Waals surface area contributed by atoms with Gasteiger partial charge < -0.3 is 10.5 Å². The van der Waals surface area contributed by atoms with E-state index in [2.05, 4.69) is 0 Å². The van der Waals surface area contributed by atoms with E-state index in [4.69, 9.17) is 27.5 Å². The number of nitrogens with two attached hydrogens (primary N) is 1. The van der Waals surface area contributed by atoms with Crippen LogP contribution in [0.4, 0.5) is 8.78 Å². The first-order valence-electron chi connectivity index (χ1n) is 6.11. The minimum absolute atomic E-state index is 0.0607. The van der Waals surface area contributed by atoms with Crippen LogP contribution in [-0.2, 0) is 5.92 Å². The van der Waals surface area contributed by atoms with Crippen LogP contribution < -0.4 is 10.5 Å². The number of hydrogen-bond acceptors (Lipinski definition) is 2. The van der Waals surface area contributed by atoms with Crippen LogP contribution in [0.3, 0.4) is 0 Å². The standard InChI is InChI=1S/C15H13ClF2N2O/c16-11-7-4-8-12(13(11)14(19)20)21-9-15(17,18)10-5-2-1-3-6-10/h1-8H,9H2,(H3,19,20). The fourth-order valence-corrected chi connectivity index (χ4v) is 2.09. The topological polar surface area (TPSA) is 59.1 Å². The van der Waals surface area contributed by atoms with Gasteiger partial charge in [-0.15, -0.1) is 0 Å². The van der Waals surface area contributed by atoms with Gasteiger partial charge in [-0.2, -0.15) is 8.78 Å². The molecule has 0 amide bonds. The number of nitrogen functional groups attached to an aromatic ring is 1. The molecule has 0 aliphatic heterocycles. The molecular weight excluding hydrogens is 298 g/mol. The summed E-state index contributed by atoms with van der Waals surface area (Å²) in [5.74, 6) is -3.43. The number of nitrogens with one attached hydrogen (secondary N) is 1. The quantitative estimate of drug-likeness (QED) is 0.652. The number of alkyl halides is 2. The maximum atomic E-state index is 14.0. The van der Waals surface area contributed by atoms with E-state index in [1.165, 1.54) is 36.4 Å². The van der Waals surface area contributed by atoms with Crippen LogP contribution in [0.15, 0.2) is 48.5 Å². The fraction of sp³-hybridized carbons (Fsp3) is 0.133. The molecule has 0 aromatic heterocycles. The Balaban J connectivity index is 2.21. The minimum atomic E-state index is -3.16. The number of hydrogen-bond donors (Lipinski definition) is 2. The summed E-state index contributed by atoms with van der Waals surface area (Å²) in [5, 5.41) is 7.62. The highest BCUT2D eigenvalue weighted by Gasteiger charge is 2.32. The summed E-state index contributed by atoms with van der Waals surface area (Å²) < 4.78 is 33.2. The molecule has 2 aromatic rings. The molecule has 21 heavy (non-hydrogen) atoms. The molecule has 0 aliphatic carbocycles. The van der Waals surface area contributed by atoms with E-state index in [0.29, 0.717) is 0 Å². The smallest absolute Gasteiger partial charge is 0.306 e. The summed E-state index contributed by atoms with van der Waals surface area (Å²) in [5.41, 5.74) is 5.37. The predicted molar refractivity (Wildman–Crippen MR) is 78.3 cm³/mol. The second-order valence-corrected chi connectivity index (χ2v) is 4.79. The van der Waals surface area contributed by atoms with E-state index in [0.717, 1.165) is 0 Å². The summed E-state index contributed by atoms with van der Waals surface area (Å²) in [7, 11) is 0. The van der Waals surface area contributed by atoms with Gasteiger partial charge in [-0.1, -0.05) is 48.0 Å². The van der Waals surface area contributed by atoms with Gasteiger partial charge in [0.1, 0.15) is 11.6 Å². The molecule has 0 aliphatic rings. The van der Waals surface area contributed by atoms with Crippen molar-refractivity contribution in [2.75, 3.05) is 6.61 Å². The van der Waals surface area contributed by atoms with Gasteiger partial charge in [0.2, 0.25) is 0 Å². The van der Waals surface area contributed by atoms with Crippen molar-refractivity contribution < 1.29 is 13.5 Å². The number of rotatable bonds is 5. The predicted octanol–water partition coefficient (Wildman–Crippen LogP) is 3.79. The van der Waals surface area contributed by atoms with Gasteiger partial charge in [-0.25, -0.2) is 0 Å². The number of ether oxygens (including phenoxy) is 1. The Bertz CT molecular complexity index is 647. The third kappa shape index (κ3) is 3.49. The highest BCUT2D eigenvalue weighted by Crippen LogP contribution is 2.31. The Labute approximate surface area is 125 Å². The monoisotopic (exact) mass is 310 g/mol. The summed E-state index contributed by atoms with van der Waals surface area (Å²) >= 11 is 5.90. The van der Waals surface area contributed by atoms with Crippen LogP contribution in [0.1, 0.15) is 11.1 Å². The zero-order chi connectivity index (χ0) is 15.5. The average molecular weight is 311 g/mol. The lowest BCUT2D eigenvalue weighted by molar-refractivity contribution is -0.0467. The van der Waals surface area contributed by atoms with Crippen LogP contribution in [-0.4, -0.2) is 12.4 Å². The van der Waals surface area contributed by atoms with Gasteiger partial charge in [0.25, 0.3) is 0 Å². The summed E-state index contributed by atoms with van der Waals surface area (Å²) in [6, 6.07) is 11.9. The van der Waals surface area contributed by atoms with E-state index in [-0.39, 0.29) is 27.7 Å². The maximum absolute atomic E-state index is 14.0. The van der Waals surface area contributed by atoms with Crippen molar-refractivity contribution in [2.24, 2.45) is 5.73 Å². The van der Waals surface area contributed by atoms with Crippen LogP contribution in [0.25, 0.3) is 0 Å².